The van der Waals surface area contributed by atoms with Gasteiger partial charge in [-0.25, -0.2) is 0 Å². The van der Waals surface area contributed by atoms with Crippen LogP contribution in [0.25, 0.3) is 9.65 Å². The summed E-state index contributed by atoms with van der Waals surface area (Å²) in [5, 5.41) is 10.3. The van der Waals surface area contributed by atoms with E-state index in [1.165, 1.54) is 88.9 Å². The van der Waals surface area contributed by atoms with Crippen LogP contribution in [0.15, 0.2) is 32.1 Å². The van der Waals surface area contributed by atoms with Gasteiger partial charge in [-0.1, -0.05) is 50.9 Å². The van der Waals surface area contributed by atoms with Crippen LogP contribution in [0.2, 0.25) is 0 Å². The van der Waals surface area contributed by atoms with Crippen molar-refractivity contribution in [3.63, 3.8) is 0 Å². The first-order chi connectivity index (χ1) is 15.7. The molecule has 4 heteroatoms. The predicted molar refractivity (Wildman–Crippen MR) is 153 cm³/mol. The number of hydrogen-bond donors (Lipinski definition) is 0. The van der Waals surface area contributed by atoms with E-state index in [-0.39, 0.29) is 0 Å². The second kappa shape index (κ2) is 18.1. The molecule has 3 aromatic rings. The molecule has 176 valence electrons. The van der Waals surface area contributed by atoms with Crippen LogP contribution in [0.3, 0.4) is 0 Å². The van der Waals surface area contributed by atoms with E-state index in [9.17, 15) is 0 Å². The summed E-state index contributed by atoms with van der Waals surface area (Å²) in [6.45, 7) is 4.54. The van der Waals surface area contributed by atoms with E-state index < -0.39 is 0 Å². The van der Waals surface area contributed by atoms with Gasteiger partial charge in [0.2, 0.25) is 0 Å². The number of fused-ring (bicyclic) bond motifs is 1. The summed E-state index contributed by atoms with van der Waals surface area (Å²) >= 11 is 7.70. The molecule has 0 N–H and O–H groups in total. The average Bonchev–Trinajstić information content (AvgIpc) is 3.50. The molecule has 32 heavy (non-hydrogen) atoms. The Labute approximate surface area is 219 Å². The Kier molecular flexibility index (Phi) is 15.8. The van der Waals surface area contributed by atoms with Crippen molar-refractivity contribution >= 4 is 62.8 Å². The Balaban J connectivity index is 0.000000227. The fourth-order valence-corrected chi connectivity index (χ4v) is 8.41. The van der Waals surface area contributed by atoms with Gasteiger partial charge >= 0.3 is 109 Å². The average molecular weight is 599 g/mol. The van der Waals surface area contributed by atoms with Crippen LogP contribution in [0.1, 0.15) is 107 Å². The summed E-state index contributed by atoms with van der Waals surface area (Å²) in [6, 6.07) is 2.44. The van der Waals surface area contributed by atoms with E-state index in [0.717, 1.165) is 16.5 Å². The van der Waals surface area contributed by atoms with Crippen molar-refractivity contribution in [1.29, 1.82) is 0 Å². The van der Waals surface area contributed by atoms with Gasteiger partial charge in [0.05, 0.1) is 0 Å². The van der Waals surface area contributed by atoms with Gasteiger partial charge in [-0.15, -0.1) is 11.3 Å². The fourth-order valence-electron chi connectivity index (χ4n) is 3.55. The molecule has 0 atom stereocenters. The zero-order valence-corrected chi connectivity index (χ0v) is 24.8. The van der Waals surface area contributed by atoms with Crippen molar-refractivity contribution in [2.75, 3.05) is 0 Å². The van der Waals surface area contributed by atoms with Crippen LogP contribution in [0, 0.1) is 11.8 Å². The molecule has 0 aromatic carbocycles. The molecule has 0 aliphatic rings. The van der Waals surface area contributed by atoms with Gasteiger partial charge in [-0.3, -0.25) is 0 Å². The third-order valence-electron chi connectivity index (χ3n) is 5.48. The van der Waals surface area contributed by atoms with Crippen LogP contribution < -0.4 is 0 Å². The molecule has 0 saturated carbocycles. The zero-order valence-electron chi connectivity index (χ0n) is 19.9. The molecule has 3 heterocycles. The first-order valence-corrected chi connectivity index (χ1v) is 16.8. The van der Waals surface area contributed by atoms with E-state index in [1.807, 2.05) is 11.3 Å². The van der Waals surface area contributed by atoms with Gasteiger partial charge < -0.3 is 0 Å². The normalized spacial score (nSPS) is 10.6. The number of halogens is 1. The Morgan fingerprint density at radius 3 is 2.09 bits per heavy atom. The summed E-state index contributed by atoms with van der Waals surface area (Å²) in [5.74, 6) is 6.45. The van der Waals surface area contributed by atoms with E-state index in [4.69, 9.17) is 0 Å². The first-order valence-electron chi connectivity index (χ1n) is 12.4. The van der Waals surface area contributed by atoms with Crippen molar-refractivity contribution in [3.8, 4) is 11.8 Å². The van der Waals surface area contributed by atoms with Gasteiger partial charge in [-0.05, 0) is 22.4 Å². The van der Waals surface area contributed by atoms with E-state index in [1.54, 1.807) is 20.0 Å². The fraction of sp³-hybridized carbons (Fsp3) is 0.571. The van der Waals surface area contributed by atoms with Crippen molar-refractivity contribution in [1.82, 2.24) is 0 Å². The molecule has 0 saturated heterocycles. The molecule has 3 rings (SSSR count). The molecular weight excluding hydrogens is 559 g/mol. The minimum atomic E-state index is 0.665. The van der Waals surface area contributed by atoms with Crippen molar-refractivity contribution in [3.05, 3.63) is 42.1 Å². The molecule has 0 unspecified atom stereocenters. The van der Waals surface area contributed by atoms with Gasteiger partial charge in [0, 0.05) is 27.2 Å². The van der Waals surface area contributed by atoms with E-state index >= 15 is 0 Å². The summed E-state index contributed by atoms with van der Waals surface area (Å²) in [7, 11) is 0. The standard InChI is InChI=1S/C14H19BrS.C14H20SSe/c1-2-3-4-5-6-7-8-9-10-13-11-16-12-14(13)15;1-2-3-4-5-6-7-8-13-9-12-10-15-11-14(12)16-13/h11-12H,2-8H2,1H3;9-11H,2-8H2,1H3. The second-order valence-corrected chi connectivity index (χ2v) is 13.2. The molecule has 3 aromatic heterocycles. The van der Waals surface area contributed by atoms with Crippen LogP contribution in [-0.4, -0.2) is 14.5 Å². The molecule has 0 fully saturated rings. The summed E-state index contributed by atoms with van der Waals surface area (Å²) in [6.07, 6.45) is 18.9. The van der Waals surface area contributed by atoms with Gasteiger partial charge in [0.25, 0.3) is 0 Å². The van der Waals surface area contributed by atoms with Crippen LogP contribution >= 0.6 is 38.6 Å². The number of unbranched alkanes of at least 4 members (excludes halogenated alkanes) is 11. The maximum atomic E-state index is 3.49. The Morgan fingerprint density at radius 2 is 1.44 bits per heavy atom. The topological polar surface area (TPSA) is 0 Å². The second-order valence-electron chi connectivity index (χ2n) is 8.37. The Morgan fingerprint density at radius 1 is 0.781 bits per heavy atom. The van der Waals surface area contributed by atoms with Crippen molar-refractivity contribution < 1.29 is 0 Å². The van der Waals surface area contributed by atoms with Crippen molar-refractivity contribution in [2.24, 2.45) is 0 Å². The zero-order chi connectivity index (χ0) is 22.9. The van der Waals surface area contributed by atoms with Gasteiger partial charge in [-0.2, -0.15) is 0 Å². The molecule has 0 bridgehead atoms. The summed E-state index contributed by atoms with van der Waals surface area (Å²) in [4.78, 5) is 0. The monoisotopic (exact) mass is 598 g/mol. The Bertz CT molecular complexity index is 880. The molecule has 0 spiro atoms. The van der Waals surface area contributed by atoms with Gasteiger partial charge in [0.15, 0.2) is 0 Å². The quantitative estimate of drug-likeness (QED) is 0.104. The molecular formula is C28H39BrS2Se. The van der Waals surface area contributed by atoms with Gasteiger partial charge in [0.1, 0.15) is 0 Å². The van der Waals surface area contributed by atoms with Crippen molar-refractivity contribution in [2.45, 2.75) is 104 Å². The van der Waals surface area contributed by atoms with E-state index in [0.29, 0.717) is 14.5 Å². The Hall–Kier alpha value is -0.301. The third kappa shape index (κ3) is 11.7. The number of hydrogen-bond acceptors (Lipinski definition) is 2. The number of thiophene rings is 2. The van der Waals surface area contributed by atoms with Crippen LogP contribution in [-0.2, 0) is 6.42 Å². The minimum absolute atomic E-state index is 0.665. The van der Waals surface area contributed by atoms with Crippen LogP contribution in [0.5, 0.6) is 0 Å². The maximum absolute atomic E-state index is 3.49. The molecule has 0 nitrogen and oxygen atoms in total. The summed E-state index contributed by atoms with van der Waals surface area (Å²) < 4.78 is 4.48. The third-order valence-corrected chi connectivity index (χ3v) is 10.7. The first kappa shape index (κ1) is 27.9. The predicted octanol–water partition coefficient (Wildman–Crippen LogP) is 10.5. The van der Waals surface area contributed by atoms with E-state index in [2.05, 4.69) is 69.2 Å². The molecule has 0 aliphatic carbocycles. The van der Waals surface area contributed by atoms with Crippen LogP contribution in [0.4, 0.5) is 0 Å². The SMILES string of the molecule is CCCCCCCCC#Cc1cscc1Br.CCCCCCCCc1cc2cscc2[se]1. The number of aryl methyl sites for hydroxylation is 1. The summed E-state index contributed by atoms with van der Waals surface area (Å²) in [5.41, 5.74) is 1.14. The molecule has 0 amide bonds. The molecule has 0 aliphatic heterocycles. The number of rotatable bonds is 13. The molecule has 0 radical (unpaired) electrons.